The number of rotatable bonds is 1. The summed E-state index contributed by atoms with van der Waals surface area (Å²) in [6.07, 6.45) is 6.74. The van der Waals surface area contributed by atoms with Crippen LogP contribution in [0.15, 0.2) is 16.5 Å². The first-order valence-corrected chi connectivity index (χ1v) is 4.52. The van der Waals surface area contributed by atoms with Crippen molar-refractivity contribution < 1.29 is 9.52 Å². The van der Waals surface area contributed by atoms with Gasteiger partial charge in [0.15, 0.2) is 6.26 Å². The van der Waals surface area contributed by atoms with Gasteiger partial charge in [-0.1, -0.05) is 12.8 Å². The molecule has 1 heterocycles. The molecule has 1 saturated carbocycles. The Kier molecular flexibility index (Phi) is 2.17. The van der Waals surface area contributed by atoms with E-state index in [4.69, 9.17) is 4.42 Å². The summed E-state index contributed by atoms with van der Waals surface area (Å²) in [5.74, 6) is 1.10. The van der Waals surface area contributed by atoms with Crippen LogP contribution in [0.4, 0.5) is 0 Å². The topological polar surface area (TPSA) is 33.4 Å². The summed E-state index contributed by atoms with van der Waals surface area (Å²) in [5.41, 5.74) is 0. The maximum atomic E-state index is 9.67. The molecule has 1 aliphatic carbocycles. The van der Waals surface area contributed by atoms with Gasteiger partial charge in [-0.2, -0.15) is 0 Å². The van der Waals surface area contributed by atoms with Crippen LogP contribution in [0, 0.1) is 6.26 Å². The lowest BCUT2D eigenvalue weighted by molar-refractivity contribution is 0.0963. The first kappa shape index (κ1) is 7.87. The molecule has 0 bridgehead atoms. The number of furan rings is 1. The molecular weight excluding hydrogens is 152 g/mol. The summed E-state index contributed by atoms with van der Waals surface area (Å²) >= 11 is 0. The van der Waals surface area contributed by atoms with Crippen LogP contribution in [0.3, 0.4) is 0 Å². The molecule has 1 fully saturated rings. The third-order valence-corrected chi connectivity index (χ3v) is 2.59. The lowest BCUT2D eigenvalue weighted by atomic mass is 9.85. The molecule has 1 aliphatic rings. The molecule has 2 atom stereocenters. The lowest BCUT2D eigenvalue weighted by Crippen LogP contribution is -2.21. The molecule has 2 rings (SSSR count). The van der Waals surface area contributed by atoms with Crippen molar-refractivity contribution >= 4 is 0 Å². The normalized spacial score (nSPS) is 30.4. The maximum Gasteiger partial charge on any atom is 0.169 e. The molecule has 65 valence electrons. The minimum atomic E-state index is -0.210. The highest BCUT2D eigenvalue weighted by Crippen LogP contribution is 2.32. The molecule has 0 aromatic carbocycles. The Balaban J connectivity index is 2.11. The van der Waals surface area contributed by atoms with Crippen LogP contribution < -0.4 is 0 Å². The molecule has 2 unspecified atom stereocenters. The number of hydrogen-bond acceptors (Lipinski definition) is 2. The van der Waals surface area contributed by atoms with Crippen LogP contribution in [-0.4, -0.2) is 11.2 Å². The number of aliphatic hydroxyl groups excluding tert-OH is 1. The second-order valence-electron chi connectivity index (χ2n) is 3.41. The zero-order valence-corrected chi connectivity index (χ0v) is 6.99. The Hall–Kier alpha value is -0.760. The van der Waals surface area contributed by atoms with Crippen LogP contribution >= 0.6 is 0 Å². The van der Waals surface area contributed by atoms with Crippen LogP contribution in [-0.2, 0) is 0 Å². The fraction of sp³-hybridized carbons (Fsp3) is 0.600. The molecular formula is C10H13O2. The Morgan fingerprint density at radius 2 is 2.25 bits per heavy atom. The van der Waals surface area contributed by atoms with E-state index in [1.165, 1.54) is 6.42 Å². The summed E-state index contributed by atoms with van der Waals surface area (Å²) in [5, 5.41) is 9.67. The SMILES string of the molecule is OC1CCCCC1c1cc[c]o1. The van der Waals surface area contributed by atoms with E-state index in [9.17, 15) is 5.11 Å². The third-order valence-electron chi connectivity index (χ3n) is 2.59. The highest BCUT2D eigenvalue weighted by Gasteiger charge is 2.26. The van der Waals surface area contributed by atoms with Crippen molar-refractivity contribution in [2.45, 2.75) is 37.7 Å². The fourth-order valence-corrected chi connectivity index (χ4v) is 1.89. The number of hydrogen-bond donors (Lipinski definition) is 1. The average molecular weight is 165 g/mol. The van der Waals surface area contributed by atoms with Gasteiger partial charge >= 0.3 is 0 Å². The van der Waals surface area contributed by atoms with Crippen molar-refractivity contribution in [3.63, 3.8) is 0 Å². The standard InChI is InChI=1S/C10H13O2/c11-9-5-2-1-4-8(9)10-6-3-7-12-10/h3,6,8-9,11H,1-2,4-5H2. The molecule has 1 radical (unpaired) electrons. The number of aliphatic hydroxyl groups is 1. The van der Waals surface area contributed by atoms with E-state index >= 15 is 0 Å². The summed E-state index contributed by atoms with van der Waals surface area (Å²) < 4.78 is 5.16. The van der Waals surface area contributed by atoms with E-state index in [0.717, 1.165) is 25.0 Å². The second kappa shape index (κ2) is 3.31. The first-order valence-electron chi connectivity index (χ1n) is 4.52. The van der Waals surface area contributed by atoms with Gasteiger partial charge in [0.2, 0.25) is 0 Å². The largest absolute Gasteiger partial charge is 0.457 e. The van der Waals surface area contributed by atoms with Gasteiger partial charge in [0.05, 0.1) is 6.10 Å². The van der Waals surface area contributed by atoms with E-state index in [1.54, 1.807) is 6.07 Å². The summed E-state index contributed by atoms with van der Waals surface area (Å²) in [4.78, 5) is 0. The Bertz CT molecular complexity index is 228. The zero-order valence-electron chi connectivity index (χ0n) is 6.99. The van der Waals surface area contributed by atoms with Crippen molar-refractivity contribution in [1.29, 1.82) is 0 Å². The zero-order chi connectivity index (χ0) is 8.39. The molecule has 0 saturated heterocycles. The van der Waals surface area contributed by atoms with Gasteiger partial charge in [-0.3, -0.25) is 0 Å². The van der Waals surface area contributed by atoms with E-state index in [2.05, 4.69) is 6.26 Å². The van der Waals surface area contributed by atoms with E-state index in [0.29, 0.717) is 0 Å². The highest BCUT2D eigenvalue weighted by atomic mass is 16.3. The van der Waals surface area contributed by atoms with E-state index < -0.39 is 0 Å². The van der Waals surface area contributed by atoms with Gasteiger partial charge in [0.25, 0.3) is 0 Å². The summed E-state index contributed by atoms with van der Waals surface area (Å²) in [6, 6.07) is 3.66. The fourth-order valence-electron chi connectivity index (χ4n) is 1.89. The first-order chi connectivity index (χ1) is 5.88. The Morgan fingerprint density at radius 1 is 1.42 bits per heavy atom. The molecule has 0 amide bonds. The predicted molar refractivity (Wildman–Crippen MR) is 44.8 cm³/mol. The van der Waals surface area contributed by atoms with Crippen LogP contribution in [0.2, 0.25) is 0 Å². The van der Waals surface area contributed by atoms with Crippen molar-refractivity contribution in [2.24, 2.45) is 0 Å². The van der Waals surface area contributed by atoms with Gasteiger partial charge in [0.1, 0.15) is 5.76 Å². The molecule has 12 heavy (non-hydrogen) atoms. The van der Waals surface area contributed by atoms with E-state index in [1.807, 2.05) is 6.07 Å². The lowest BCUT2D eigenvalue weighted by Gasteiger charge is -2.25. The van der Waals surface area contributed by atoms with Crippen LogP contribution in [0.1, 0.15) is 37.4 Å². The van der Waals surface area contributed by atoms with Crippen LogP contribution in [0.5, 0.6) is 0 Å². The van der Waals surface area contributed by atoms with Gasteiger partial charge in [-0.05, 0) is 25.0 Å². The quantitative estimate of drug-likeness (QED) is 0.691. The Labute approximate surface area is 72.2 Å². The Morgan fingerprint density at radius 3 is 2.92 bits per heavy atom. The molecule has 1 N–H and O–H groups in total. The van der Waals surface area contributed by atoms with Crippen molar-refractivity contribution in [1.82, 2.24) is 0 Å². The molecule has 2 heteroatoms. The molecule has 0 spiro atoms. The third kappa shape index (κ3) is 1.39. The molecule has 2 nitrogen and oxygen atoms in total. The minimum absolute atomic E-state index is 0.210. The molecule has 0 aliphatic heterocycles. The average Bonchev–Trinajstić information content (AvgIpc) is 2.57. The minimum Gasteiger partial charge on any atom is -0.457 e. The van der Waals surface area contributed by atoms with E-state index in [-0.39, 0.29) is 12.0 Å². The monoisotopic (exact) mass is 165 g/mol. The maximum absolute atomic E-state index is 9.67. The highest BCUT2D eigenvalue weighted by molar-refractivity contribution is 5.07. The molecule has 1 aromatic heterocycles. The predicted octanol–water partition coefficient (Wildman–Crippen LogP) is 2.10. The second-order valence-corrected chi connectivity index (χ2v) is 3.41. The summed E-state index contributed by atoms with van der Waals surface area (Å²) in [7, 11) is 0. The van der Waals surface area contributed by atoms with Gasteiger partial charge in [-0.15, -0.1) is 0 Å². The molecule has 1 aromatic rings. The van der Waals surface area contributed by atoms with Crippen molar-refractivity contribution in [2.75, 3.05) is 0 Å². The smallest absolute Gasteiger partial charge is 0.169 e. The van der Waals surface area contributed by atoms with Crippen LogP contribution in [0.25, 0.3) is 0 Å². The van der Waals surface area contributed by atoms with Crippen molar-refractivity contribution in [3.05, 3.63) is 24.2 Å². The summed E-state index contributed by atoms with van der Waals surface area (Å²) in [6.45, 7) is 0. The van der Waals surface area contributed by atoms with Gasteiger partial charge in [-0.25, -0.2) is 0 Å². The van der Waals surface area contributed by atoms with Gasteiger partial charge in [0, 0.05) is 5.92 Å². The van der Waals surface area contributed by atoms with Gasteiger partial charge < -0.3 is 9.52 Å². The van der Waals surface area contributed by atoms with Crippen molar-refractivity contribution in [3.8, 4) is 0 Å².